The molecule has 1 aliphatic heterocycles. The Morgan fingerprint density at radius 3 is 2.53 bits per heavy atom. The average molecular weight is 436 g/mol. The van der Waals surface area contributed by atoms with E-state index in [9.17, 15) is 9.59 Å². The molecule has 2 amide bonds. The Kier molecular flexibility index (Phi) is 8.76. The van der Waals surface area contributed by atoms with Gasteiger partial charge in [-0.2, -0.15) is 0 Å². The van der Waals surface area contributed by atoms with Gasteiger partial charge in [0.05, 0.1) is 19.9 Å². The number of carbonyl (C=O) groups excluding carboxylic acids is 2. The number of amides is 2. The highest BCUT2D eigenvalue weighted by Gasteiger charge is 2.19. The molecule has 9 heteroatoms. The van der Waals surface area contributed by atoms with Crippen molar-refractivity contribution in [1.29, 1.82) is 0 Å². The van der Waals surface area contributed by atoms with Crippen LogP contribution in [0.1, 0.15) is 16.8 Å². The van der Waals surface area contributed by atoms with Crippen LogP contribution < -0.4 is 30.2 Å². The van der Waals surface area contributed by atoms with Gasteiger partial charge in [0.25, 0.3) is 11.8 Å². The first-order valence-corrected chi connectivity index (χ1v) is 9.36. The zero-order valence-corrected chi connectivity index (χ0v) is 17.7. The maximum Gasteiger partial charge on any atom is 0.262 e. The van der Waals surface area contributed by atoms with Crippen molar-refractivity contribution in [2.24, 2.45) is 0 Å². The first-order chi connectivity index (χ1) is 14.1. The van der Waals surface area contributed by atoms with Crippen molar-refractivity contribution in [3.05, 3.63) is 48.0 Å². The van der Waals surface area contributed by atoms with Gasteiger partial charge in [-0.05, 0) is 43.3 Å². The molecule has 2 aromatic rings. The molecule has 1 saturated heterocycles. The van der Waals surface area contributed by atoms with Gasteiger partial charge in [-0.1, -0.05) is 12.1 Å². The number of carbonyl (C=O) groups is 2. The van der Waals surface area contributed by atoms with E-state index in [1.54, 1.807) is 36.4 Å². The third kappa shape index (κ3) is 6.01. The lowest BCUT2D eigenvalue weighted by molar-refractivity contribution is -0.118. The van der Waals surface area contributed by atoms with Crippen LogP contribution in [0.5, 0.6) is 17.2 Å². The second-order valence-electron chi connectivity index (χ2n) is 6.57. The van der Waals surface area contributed by atoms with Crippen LogP contribution in [-0.4, -0.2) is 51.8 Å². The van der Waals surface area contributed by atoms with E-state index in [4.69, 9.17) is 14.2 Å². The monoisotopic (exact) mass is 435 g/mol. The molecule has 3 N–H and O–H groups in total. The van der Waals surface area contributed by atoms with Gasteiger partial charge in [-0.3, -0.25) is 9.59 Å². The van der Waals surface area contributed by atoms with Crippen molar-refractivity contribution in [3.8, 4) is 17.2 Å². The fourth-order valence-corrected chi connectivity index (χ4v) is 3.05. The minimum absolute atomic E-state index is 0. The van der Waals surface area contributed by atoms with Gasteiger partial charge in [0.2, 0.25) is 0 Å². The first kappa shape index (κ1) is 23.3. The van der Waals surface area contributed by atoms with Gasteiger partial charge in [-0.25, -0.2) is 0 Å². The summed E-state index contributed by atoms with van der Waals surface area (Å²) in [5.74, 6) is 0.810. The number of ether oxygens (including phenoxy) is 3. The Labute approximate surface area is 181 Å². The lowest BCUT2D eigenvalue weighted by Gasteiger charge is -2.14. The predicted octanol–water partition coefficient (Wildman–Crippen LogP) is 2.23. The molecule has 0 aromatic heterocycles. The summed E-state index contributed by atoms with van der Waals surface area (Å²) >= 11 is 0. The fourth-order valence-electron chi connectivity index (χ4n) is 3.05. The number of benzene rings is 2. The van der Waals surface area contributed by atoms with Crippen molar-refractivity contribution in [2.75, 3.05) is 39.2 Å². The lowest BCUT2D eigenvalue weighted by Crippen LogP contribution is -2.36. The smallest absolute Gasteiger partial charge is 0.262 e. The van der Waals surface area contributed by atoms with Crippen molar-refractivity contribution in [3.63, 3.8) is 0 Å². The Bertz CT molecular complexity index is 871. The van der Waals surface area contributed by atoms with Gasteiger partial charge in [0, 0.05) is 18.2 Å². The molecule has 30 heavy (non-hydrogen) atoms. The summed E-state index contributed by atoms with van der Waals surface area (Å²) in [6.45, 7) is 1.46. The second-order valence-corrected chi connectivity index (χ2v) is 6.57. The molecule has 1 atom stereocenters. The molecule has 8 nitrogen and oxygen atoms in total. The van der Waals surface area contributed by atoms with Crippen LogP contribution in [0.25, 0.3) is 0 Å². The van der Waals surface area contributed by atoms with Gasteiger partial charge >= 0.3 is 0 Å². The van der Waals surface area contributed by atoms with Crippen LogP contribution >= 0.6 is 12.4 Å². The molecule has 1 aliphatic rings. The molecule has 1 unspecified atom stereocenters. The lowest BCUT2D eigenvalue weighted by atomic mass is 10.1. The van der Waals surface area contributed by atoms with Gasteiger partial charge in [0.1, 0.15) is 5.75 Å². The summed E-state index contributed by atoms with van der Waals surface area (Å²) < 4.78 is 16.1. The van der Waals surface area contributed by atoms with Crippen molar-refractivity contribution in [2.45, 2.75) is 12.5 Å². The maximum absolute atomic E-state index is 12.4. The average Bonchev–Trinajstić information content (AvgIpc) is 3.25. The molecule has 3 rings (SSSR count). The topological polar surface area (TPSA) is 97.9 Å². The molecule has 0 spiro atoms. The highest BCUT2D eigenvalue weighted by Crippen LogP contribution is 2.28. The summed E-state index contributed by atoms with van der Waals surface area (Å²) in [5.41, 5.74) is 1.03. The van der Waals surface area contributed by atoms with Crippen LogP contribution in [0.2, 0.25) is 0 Å². The zero-order valence-electron chi connectivity index (χ0n) is 16.9. The van der Waals surface area contributed by atoms with Gasteiger partial charge < -0.3 is 30.2 Å². The van der Waals surface area contributed by atoms with E-state index in [1.165, 1.54) is 14.2 Å². The van der Waals surface area contributed by atoms with E-state index in [0.29, 0.717) is 28.5 Å². The Balaban J connectivity index is 0.00000320. The summed E-state index contributed by atoms with van der Waals surface area (Å²) in [4.78, 5) is 24.6. The van der Waals surface area contributed by atoms with E-state index in [1.807, 2.05) is 6.07 Å². The molecule has 0 aliphatic carbocycles. The van der Waals surface area contributed by atoms with Crippen molar-refractivity contribution >= 4 is 29.9 Å². The summed E-state index contributed by atoms with van der Waals surface area (Å²) in [6.07, 6.45) is 0.908. The highest BCUT2D eigenvalue weighted by atomic mass is 35.5. The van der Waals surface area contributed by atoms with E-state index in [-0.39, 0.29) is 36.9 Å². The minimum atomic E-state index is -0.341. The van der Waals surface area contributed by atoms with Gasteiger partial charge in [0.15, 0.2) is 18.1 Å². The molecule has 0 saturated carbocycles. The highest BCUT2D eigenvalue weighted by molar-refractivity contribution is 5.95. The SMILES string of the molecule is COc1ccccc1NC(=O)COc1ccc(C(=O)NC2CCNC2)cc1OC.Cl. The van der Waals surface area contributed by atoms with E-state index in [0.717, 1.165) is 19.5 Å². The number of rotatable bonds is 8. The largest absolute Gasteiger partial charge is 0.495 e. The normalized spacial score (nSPS) is 14.9. The number of para-hydroxylation sites is 2. The molecule has 162 valence electrons. The molecule has 2 aromatic carbocycles. The number of nitrogens with one attached hydrogen (secondary N) is 3. The van der Waals surface area contributed by atoms with Crippen molar-refractivity contribution < 1.29 is 23.8 Å². The third-order valence-electron chi connectivity index (χ3n) is 4.56. The summed E-state index contributed by atoms with van der Waals surface area (Å²) in [7, 11) is 3.02. The molecule has 1 heterocycles. The Morgan fingerprint density at radius 2 is 1.83 bits per heavy atom. The standard InChI is InChI=1S/C21H25N3O5.ClH/c1-27-17-6-4-3-5-16(17)24-20(25)13-29-18-8-7-14(11-19(18)28-2)21(26)23-15-9-10-22-12-15;/h3-8,11,15,22H,9-10,12-13H2,1-2H3,(H,23,26)(H,24,25);1H. The maximum atomic E-state index is 12.4. The summed E-state index contributed by atoms with van der Waals surface area (Å²) in [6, 6.07) is 12.1. The molecule has 0 radical (unpaired) electrons. The Hall–Kier alpha value is -2.97. The Morgan fingerprint density at radius 1 is 1.07 bits per heavy atom. The van der Waals surface area contributed by atoms with Crippen LogP contribution in [0, 0.1) is 0 Å². The van der Waals surface area contributed by atoms with Crippen LogP contribution in [0.4, 0.5) is 5.69 Å². The van der Waals surface area contributed by atoms with E-state index < -0.39 is 0 Å². The fraction of sp³-hybridized carbons (Fsp3) is 0.333. The van der Waals surface area contributed by atoms with Gasteiger partial charge in [-0.15, -0.1) is 12.4 Å². The quantitative estimate of drug-likeness (QED) is 0.588. The molecule has 0 bridgehead atoms. The van der Waals surface area contributed by atoms with E-state index >= 15 is 0 Å². The number of anilines is 1. The van der Waals surface area contributed by atoms with Crippen LogP contribution in [0.15, 0.2) is 42.5 Å². The summed E-state index contributed by atoms with van der Waals surface area (Å²) in [5, 5.41) is 8.93. The number of hydrogen-bond donors (Lipinski definition) is 3. The van der Waals surface area contributed by atoms with Crippen LogP contribution in [-0.2, 0) is 4.79 Å². The second kappa shape index (κ2) is 11.3. The predicted molar refractivity (Wildman–Crippen MR) is 116 cm³/mol. The molecular weight excluding hydrogens is 410 g/mol. The van der Waals surface area contributed by atoms with E-state index in [2.05, 4.69) is 16.0 Å². The number of methoxy groups -OCH3 is 2. The zero-order chi connectivity index (χ0) is 20.6. The van der Waals surface area contributed by atoms with Crippen LogP contribution in [0.3, 0.4) is 0 Å². The number of hydrogen-bond acceptors (Lipinski definition) is 6. The molecular formula is C21H26ClN3O5. The minimum Gasteiger partial charge on any atom is -0.495 e. The third-order valence-corrected chi connectivity index (χ3v) is 4.56. The first-order valence-electron chi connectivity index (χ1n) is 9.36. The van der Waals surface area contributed by atoms with Crippen molar-refractivity contribution in [1.82, 2.24) is 10.6 Å². The number of halogens is 1. The molecule has 1 fully saturated rings.